The third kappa shape index (κ3) is 1.99. The lowest BCUT2D eigenvalue weighted by Crippen LogP contribution is -1.93. The highest BCUT2D eigenvalue weighted by Gasteiger charge is 2.21. The normalized spacial score (nSPS) is 12.8. The summed E-state index contributed by atoms with van der Waals surface area (Å²) in [6.07, 6.45) is 0. The molecule has 4 heteroatoms. The first-order valence-corrected chi connectivity index (χ1v) is 6.25. The minimum atomic E-state index is -0.251. The van der Waals surface area contributed by atoms with Gasteiger partial charge in [0, 0.05) is 5.56 Å². The molecule has 0 atom stereocenters. The van der Waals surface area contributed by atoms with E-state index in [4.69, 9.17) is 14.2 Å². The number of cyclic esters (lactones) is 1. The summed E-state index contributed by atoms with van der Waals surface area (Å²) >= 11 is 0. The highest BCUT2D eigenvalue weighted by atomic mass is 16.5. The van der Waals surface area contributed by atoms with Crippen LogP contribution in [0.4, 0.5) is 0 Å². The minimum Gasteiger partial charge on any atom is -0.493 e. The monoisotopic (exact) mass is 270 g/mol. The molecule has 3 rings (SSSR count). The second-order valence-corrected chi connectivity index (χ2v) is 4.52. The lowest BCUT2D eigenvalue weighted by Gasteiger charge is -2.10. The smallest absolute Gasteiger partial charge is 0.338 e. The zero-order valence-corrected chi connectivity index (χ0v) is 11.3. The number of methoxy groups -OCH3 is 2. The van der Waals surface area contributed by atoms with E-state index in [1.54, 1.807) is 20.3 Å². The van der Waals surface area contributed by atoms with Gasteiger partial charge in [0.25, 0.3) is 0 Å². The number of hydrogen-bond acceptors (Lipinski definition) is 4. The van der Waals surface area contributed by atoms with Crippen LogP contribution in [0.2, 0.25) is 0 Å². The van der Waals surface area contributed by atoms with Crippen LogP contribution in [0.15, 0.2) is 36.4 Å². The van der Waals surface area contributed by atoms with E-state index >= 15 is 0 Å². The van der Waals surface area contributed by atoms with Gasteiger partial charge < -0.3 is 14.2 Å². The van der Waals surface area contributed by atoms with Gasteiger partial charge in [-0.2, -0.15) is 0 Å². The first-order valence-electron chi connectivity index (χ1n) is 6.25. The Morgan fingerprint density at radius 1 is 0.950 bits per heavy atom. The molecule has 0 saturated carbocycles. The van der Waals surface area contributed by atoms with Crippen LogP contribution in [0.5, 0.6) is 11.5 Å². The summed E-state index contributed by atoms with van der Waals surface area (Å²) in [5.74, 6) is 1.12. The van der Waals surface area contributed by atoms with E-state index in [-0.39, 0.29) is 5.97 Å². The predicted molar refractivity (Wildman–Crippen MR) is 74.1 cm³/mol. The molecule has 0 saturated heterocycles. The molecule has 0 radical (unpaired) electrons. The van der Waals surface area contributed by atoms with Crippen LogP contribution in [-0.4, -0.2) is 20.2 Å². The molecule has 0 unspecified atom stereocenters. The second kappa shape index (κ2) is 4.89. The quantitative estimate of drug-likeness (QED) is 0.804. The fourth-order valence-electron chi connectivity index (χ4n) is 2.33. The van der Waals surface area contributed by atoms with Crippen LogP contribution < -0.4 is 9.47 Å². The minimum absolute atomic E-state index is 0.251. The van der Waals surface area contributed by atoms with Crippen molar-refractivity contribution in [3.63, 3.8) is 0 Å². The van der Waals surface area contributed by atoms with E-state index in [0.29, 0.717) is 23.7 Å². The van der Waals surface area contributed by atoms with Gasteiger partial charge in [-0.05, 0) is 35.4 Å². The van der Waals surface area contributed by atoms with Crippen molar-refractivity contribution >= 4 is 5.97 Å². The molecule has 4 nitrogen and oxygen atoms in total. The zero-order chi connectivity index (χ0) is 14.1. The fourth-order valence-corrected chi connectivity index (χ4v) is 2.33. The number of rotatable bonds is 3. The average molecular weight is 270 g/mol. The van der Waals surface area contributed by atoms with Crippen molar-refractivity contribution < 1.29 is 19.0 Å². The number of hydrogen-bond donors (Lipinski definition) is 0. The van der Waals surface area contributed by atoms with E-state index in [9.17, 15) is 4.79 Å². The Labute approximate surface area is 116 Å². The first kappa shape index (κ1) is 12.5. The van der Waals surface area contributed by atoms with Crippen molar-refractivity contribution in [3.8, 4) is 22.6 Å². The Balaban J connectivity index is 2.03. The maximum atomic E-state index is 11.4. The molecule has 1 heterocycles. The van der Waals surface area contributed by atoms with E-state index in [1.165, 1.54) is 0 Å². The summed E-state index contributed by atoms with van der Waals surface area (Å²) in [7, 11) is 3.21. The summed E-state index contributed by atoms with van der Waals surface area (Å²) in [5.41, 5.74) is 3.59. The Hall–Kier alpha value is -2.49. The number of ether oxygens (including phenoxy) is 3. The number of fused-ring (bicyclic) bond motifs is 1. The van der Waals surface area contributed by atoms with Crippen molar-refractivity contribution in [1.82, 2.24) is 0 Å². The molecule has 0 aliphatic carbocycles. The fraction of sp³-hybridized carbons (Fsp3) is 0.188. The Morgan fingerprint density at radius 3 is 2.40 bits per heavy atom. The molecule has 0 amide bonds. The average Bonchev–Trinajstić information content (AvgIpc) is 2.87. The molecular weight excluding hydrogens is 256 g/mol. The Bertz CT molecular complexity index is 676. The van der Waals surface area contributed by atoms with Crippen molar-refractivity contribution in [2.24, 2.45) is 0 Å². The number of esters is 1. The molecule has 0 N–H and O–H groups in total. The molecule has 20 heavy (non-hydrogen) atoms. The van der Waals surface area contributed by atoms with Crippen LogP contribution in [0.1, 0.15) is 15.9 Å². The summed E-state index contributed by atoms with van der Waals surface area (Å²) in [4.78, 5) is 11.4. The van der Waals surface area contributed by atoms with Gasteiger partial charge >= 0.3 is 5.97 Å². The third-order valence-corrected chi connectivity index (χ3v) is 3.40. The second-order valence-electron chi connectivity index (χ2n) is 4.52. The standard InChI is InChI=1S/C16H14O4/c1-18-14-6-4-11(8-15(14)19-2)10-3-5-13-12(7-10)9-20-16(13)17/h3-8H,9H2,1-2H3. The molecule has 1 aliphatic heterocycles. The molecular formula is C16H14O4. The number of carbonyl (C=O) groups excluding carboxylic acids is 1. The molecule has 2 aromatic rings. The molecule has 2 aromatic carbocycles. The van der Waals surface area contributed by atoms with Crippen molar-refractivity contribution in [2.45, 2.75) is 6.61 Å². The van der Waals surface area contributed by atoms with Crippen LogP contribution >= 0.6 is 0 Å². The molecule has 1 aliphatic rings. The summed E-state index contributed by atoms with van der Waals surface area (Å²) in [6, 6.07) is 11.4. The largest absolute Gasteiger partial charge is 0.493 e. The topological polar surface area (TPSA) is 44.8 Å². The summed E-state index contributed by atoms with van der Waals surface area (Å²) < 4.78 is 15.5. The highest BCUT2D eigenvalue weighted by Crippen LogP contribution is 2.33. The maximum absolute atomic E-state index is 11.4. The first-order chi connectivity index (χ1) is 9.72. The third-order valence-electron chi connectivity index (χ3n) is 3.40. The molecule has 102 valence electrons. The van der Waals surface area contributed by atoms with Gasteiger partial charge in [-0.15, -0.1) is 0 Å². The predicted octanol–water partition coefficient (Wildman–Crippen LogP) is 3.04. The molecule has 0 spiro atoms. The van der Waals surface area contributed by atoms with Gasteiger partial charge in [-0.25, -0.2) is 4.79 Å². The van der Waals surface area contributed by atoms with Crippen molar-refractivity contribution in [3.05, 3.63) is 47.5 Å². The number of carbonyl (C=O) groups is 1. The molecule has 0 fully saturated rings. The van der Waals surface area contributed by atoms with Crippen LogP contribution in [0.3, 0.4) is 0 Å². The van der Waals surface area contributed by atoms with Gasteiger partial charge in [-0.3, -0.25) is 0 Å². The lowest BCUT2D eigenvalue weighted by atomic mass is 10.00. The summed E-state index contributed by atoms with van der Waals surface area (Å²) in [5, 5.41) is 0. The van der Waals surface area contributed by atoms with Gasteiger partial charge in [0.15, 0.2) is 11.5 Å². The number of benzene rings is 2. The highest BCUT2D eigenvalue weighted by molar-refractivity contribution is 5.94. The van der Waals surface area contributed by atoms with Crippen LogP contribution in [0.25, 0.3) is 11.1 Å². The molecule has 0 bridgehead atoms. The summed E-state index contributed by atoms with van der Waals surface area (Å²) in [6.45, 7) is 0.343. The lowest BCUT2D eigenvalue weighted by molar-refractivity contribution is 0.0535. The van der Waals surface area contributed by atoms with Gasteiger partial charge in [0.2, 0.25) is 0 Å². The molecule has 0 aromatic heterocycles. The van der Waals surface area contributed by atoms with E-state index in [0.717, 1.165) is 16.7 Å². The van der Waals surface area contributed by atoms with E-state index < -0.39 is 0 Å². The van der Waals surface area contributed by atoms with Crippen LogP contribution in [0, 0.1) is 0 Å². The van der Waals surface area contributed by atoms with Gasteiger partial charge in [0.1, 0.15) is 6.61 Å². The maximum Gasteiger partial charge on any atom is 0.338 e. The van der Waals surface area contributed by atoms with Crippen molar-refractivity contribution in [1.29, 1.82) is 0 Å². The van der Waals surface area contributed by atoms with Gasteiger partial charge in [-0.1, -0.05) is 12.1 Å². The van der Waals surface area contributed by atoms with E-state index in [1.807, 2.05) is 30.3 Å². The SMILES string of the molecule is COc1ccc(-c2ccc3c(c2)COC3=O)cc1OC. The Kier molecular flexibility index (Phi) is 3.06. The van der Waals surface area contributed by atoms with Crippen molar-refractivity contribution in [2.75, 3.05) is 14.2 Å². The van der Waals surface area contributed by atoms with Crippen LogP contribution in [-0.2, 0) is 11.3 Å². The van der Waals surface area contributed by atoms with Gasteiger partial charge in [0.05, 0.1) is 19.8 Å². The Morgan fingerprint density at radius 2 is 1.65 bits per heavy atom. The zero-order valence-electron chi connectivity index (χ0n) is 11.3. The van der Waals surface area contributed by atoms with E-state index in [2.05, 4.69) is 0 Å².